The lowest BCUT2D eigenvalue weighted by Gasteiger charge is -2.09. The van der Waals surface area contributed by atoms with E-state index < -0.39 is 11.6 Å². The summed E-state index contributed by atoms with van der Waals surface area (Å²) >= 11 is 3.07. The van der Waals surface area contributed by atoms with Gasteiger partial charge in [0.2, 0.25) is 0 Å². The minimum atomic E-state index is -0.576. The van der Waals surface area contributed by atoms with Gasteiger partial charge >= 0.3 is 0 Å². The smallest absolute Gasteiger partial charge is 0.134 e. The molecule has 2 aromatic heterocycles. The van der Waals surface area contributed by atoms with Crippen molar-refractivity contribution in [3.63, 3.8) is 0 Å². The first-order valence-electron chi connectivity index (χ1n) is 10.8. The Morgan fingerprint density at radius 1 is 0.559 bits per heavy atom. The maximum absolute atomic E-state index is 15.1. The first-order valence-corrected chi connectivity index (χ1v) is 12.6. The SMILES string of the molecule is Cc1cccc(F)c1C1=c2cc3c(cc2-c2ccsc21)=C(c1c(F)cccc1F)c1sccc1-3. The molecule has 5 heteroatoms. The van der Waals surface area contributed by atoms with Gasteiger partial charge in [-0.15, -0.1) is 22.7 Å². The second-order valence-electron chi connectivity index (χ2n) is 8.55. The Labute approximate surface area is 201 Å². The lowest BCUT2D eigenvalue weighted by atomic mass is 9.97. The van der Waals surface area contributed by atoms with Crippen molar-refractivity contribution in [1.82, 2.24) is 0 Å². The first-order chi connectivity index (χ1) is 16.5. The van der Waals surface area contributed by atoms with Crippen LogP contribution >= 0.6 is 22.7 Å². The molecule has 0 saturated heterocycles. The van der Waals surface area contributed by atoms with Crippen LogP contribution in [0, 0.1) is 24.4 Å². The third kappa shape index (κ3) is 2.54. The second kappa shape index (κ2) is 7.05. The molecule has 0 fully saturated rings. The highest BCUT2D eigenvalue weighted by Gasteiger charge is 2.31. The molecule has 0 aliphatic heterocycles. The zero-order chi connectivity index (χ0) is 23.1. The quantitative estimate of drug-likeness (QED) is 0.248. The van der Waals surface area contributed by atoms with Gasteiger partial charge in [0.15, 0.2) is 0 Å². The number of aryl methyl sites for hydroxylation is 1. The molecule has 0 atom stereocenters. The highest BCUT2D eigenvalue weighted by molar-refractivity contribution is 7.12. The van der Waals surface area contributed by atoms with E-state index in [4.69, 9.17) is 0 Å². The standard InChI is InChI=1S/C29H15F3S2/c1-14-4-2-5-21(30)24(14)25-19-12-18-16-9-11-34-29(16)26(27-22(31)6-3-7-23(27)32)20(18)13-17(19)15-8-10-33-28(15)25/h2-13H,1H3. The van der Waals surface area contributed by atoms with Crippen molar-refractivity contribution in [1.29, 1.82) is 0 Å². The minimum absolute atomic E-state index is 0.00240. The molecule has 0 nitrogen and oxygen atoms in total. The van der Waals surface area contributed by atoms with Crippen LogP contribution in [0.2, 0.25) is 0 Å². The maximum atomic E-state index is 15.1. The Bertz CT molecular complexity index is 1630. The topological polar surface area (TPSA) is 0 Å². The number of halogens is 3. The fourth-order valence-electron chi connectivity index (χ4n) is 5.32. The lowest BCUT2D eigenvalue weighted by Crippen LogP contribution is -2.16. The van der Waals surface area contributed by atoms with E-state index in [1.807, 2.05) is 41.9 Å². The van der Waals surface area contributed by atoms with Crippen LogP contribution in [0.25, 0.3) is 33.4 Å². The number of fused-ring (bicyclic) bond motifs is 6. The summed E-state index contributed by atoms with van der Waals surface area (Å²) in [5, 5.41) is 5.73. The molecular weight excluding hydrogens is 469 g/mol. The predicted octanol–water partition coefficient (Wildman–Crippen LogP) is 6.99. The van der Waals surface area contributed by atoms with Gasteiger partial charge in [-0.3, -0.25) is 0 Å². The number of hydrogen-bond donors (Lipinski definition) is 0. The van der Waals surface area contributed by atoms with Gasteiger partial charge in [-0.25, -0.2) is 13.2 Å². The fraction of sp³-hybridized carbons (Fsp3) is 0.0345. The van der Waals surface area contributed by atoms with Crippen LogP contribution in [0.15, 0.2) is 71.4 Å². The largest absolute Gasteiger partial charge is 0.206 e. The summed E-state index contributed by atoms with van der Waals surface area (Å²) in [5.41, 5.74) is 6.85. The van der Waals surface area contributed by atoms with Gasteiger partial charge in [-0.1, -0.05) is 18.2 Å². The average molecular weight is 485 g/mol. The van der Waals surface area contributed by atoms with Crippen LogP contribution in [0.5, 0.6) is 0 Å². The number of hydrogen-bond acceptors (Lipinski definition) is 2. The molecule has 34 heavy (non-hydrogen) atoms. The molecule has 0 bridgehead atoms. The third-order valence-electron chi connectivity index (χ3n) is 6.75. The summed E-state index contributed by atoms with van der Waals surface area (Å²) in [7, 11) is 0. The van der Waals surface area contributed by atoms with Crippen LogP contribution in [-0.2, 0) is 0 Å². The van der Waals surface area contributed by atoms with Crippen molar-refractivity contribution in [2.75, 3.05) is 0 Å². The first kappa shape index (κ1) is 20.0. The van der Waals surface area contributed by atoms with E-state index in [1.54, 1.807) is 17.4 Å². The van der Waals surface area contributed by atoms with Crippen molar-refractivity contribution in [2.24, 2.45) is 0 Å². The van der Waals surface area contributed by atoms with Crippen LogP contribution in [0.1, 0.15) is 26.4 Å². The van der Waals surface area contributed by atoms with Crippen LogP contribution in [0.3, 0.4) is 0 Å². The molecule has 0 unspecified atom stereocenters. The van der Waals surface area contributed by atoms with Crippen molar-refractivity contribution in [3.8, 4) is 22.3 Å². The van der Waals surface area contributed by atoms with Gasteiger partial charge in [-0.05, 0) is 87.3 Å². The summed E-state index contributed by atoms with van der Waals surface area (Å²) in [6, 6.07) is 17.3. The van der Waals surface area contributed by atoms with E-state index in [0.717, 1.165) is 53.6 Å². The highest BCUT2D eigenvalue weighted by Crippen LogP contribution is 2.44. The lowest BCUT2D eigenvalue weighted by molar-refractivity contribution is 0.577. The number of thiophene rings is 2. The van der Waals surface area contributed by atoms with E-state index in [1.165, 1.54) is 35.6 Å². The monoisotopic (exact) mass is 484 g/mol. The number of rotatable bonds is 2. The van der Waals surface area contributed by atoms with E-state index in [0.29, 0.717) is 11.1 Å². The Morgan fingerprint density at radius 3 is 1.56 bits per heavy atom. The summed E-state index contributed by atoms with van der Waals surface area (Å²) in [5.74, 6) is -1.40. The van der Waals surface area contributed by atoms with E-state index >= 15 is 4.39 Å². The molecule has 5 aromatic rings. The zero-order valence-electron chi connectivity index (χ0n) is 17.9. The van der Waals surface area contributed by atoms with Crippen LogP contribution in [0.4, 0.5) is 13.2 Å². The number of benzene rings is 3. The van der Waals surface area contributed by atoms with Crippen molar-refractivity contribution >= 4 is 33.8 Å². The molecule has 3 aromatic carbocycles. The fourth-order valence-corrected chi connectivity index (χ4v) is 7.27. The molecule has 0 amide bonds. The third-order valence-corrected chi connectivity index (χ3v) is 8.61. The molecule has 164 valence electrons. The van der Waals surface area contributed by atoms with Gasteiger partial charge < -0.3 is 0 Å². The Hall–Kier alpha value is -3.41. The molecule has 0 spiro atoms. The molecule has 7 rings (SSSR count). The van der Waals surface area contributed by atoms with E-state index in [2.05, 4.69) is 6.07 Å². The molecule has 0 radical (unpaired) electrons. The van der Waals surface area contributed by atoms with Crippen molar-refractivity contribution < 1.29 is 13.2 Å². The normalized spacial score (nSPS) is 13.2. The van der Waals surface area contributed by atoms with Gasteiger partial charge in [0.1, 0.15) is 17.5 Å². The molecule has 0 N–H and O–H groups in total. The molecule has 0 saturated carbocycles. The minimum Gasteiger partial charge on any atom is -0.206 e. The van der Waals surface area contributed by atoms with Gasteiger partial charge in [0, 0.05) is 37.6 Å². The molecular formula is C29H15F3S2. The Balaban J connectivity index is 1.66. The predicted molar refractivity (Wildman–Crippen MR) is 133 cm³/mol. The average Bonchev–Trinajstić information content (AvgIpc) is 3.56. The Morgan fingerprint density at radius 2 is 1.03 bits per heavy atom. The van der Waals surface area contributed by atoms with Crippen LogP contribution < -0.4 is 10.4 Å². The summed E-state index contributed by atoms with van der Waals surface area (Å²) < 4.78 is 45.0. The van der Waals surface area contributed by atoms with E-state index in [-0.39, 0.29) is 11.4 Å². The maximum Gasteiger partial charge on any atom is 0.134 e. The van der Waals surface area contributed by atoms with E-state index in [9.17, 15) is 8.78 Å². The van der Waals surface area contributed by atoms with Crippen molar-refractivity contribution in [3.05, 3.63) is 126 Å². The van der Waals surface area contributed by atoms with Gasteiger partial charge in [0.05, 0.1) is 5.56 Å². The molecule has 2 heterocycles. The van der Waals surface area contributed by atoms with Gasteiger partial charge in [-0.2, -0.15) is 0 Å². The second-order valence-corrected chi connectivity index (χ2v) is 10.4. The summed E-state index contributed by atoms with van der Waals surface area (Å²) in [6.45, 7) is 1.92. The summed E-state index contributed by atoms with van der Waals surface area (Å²) in [4.78, 5) is 1.88. The molecule has 2 aliphatic rings. The van der Waals surface area contributed by atoms with Crippen molar-refractivity contribution in [2.45, 2.75) is 6.92 Å². The van der Waals surface area contributed by atoms with Crippen LogP contribution in [-0.4, -0.2) is 0 Å². The zero-order valence-corrected chi connectivity index (χ0v) is 19.5. The van der Waals surface area contributed by atoms with Gasteiger partial charge in [0.25, 0.3) is 0 Å². The molecule has 2 aliphatic carbocycles. The highest BCUT2D eigenvalue weighted by atomic mass is 32.1. The Kier molecular flexibility index (Phi) is 4.15. The summed E-state index contributed by atoms with van der Waals surface area (Å²) in [6.07, 6.45) is 0.